The van der Waals surface area contributed by atoms with Crippen LogP contribution in [-0.2, 0) is 4.79 Å². The molecule has 2 aliphatic heterocycles. The monoisotopic (exact) mass is 479 g/mol. The third-order valence-corrected chi connectivity index (χ3v) is 5.23. The third kappa shape index (κ3) is 7.58. The van der Waals surface area contributed by atoms with Gasteiger partial charge in [-0.1, -0.05) is 13.8 Å². The predicted octanol–water partition coefficient (Wildman–Crippen LogP) is 2.29. The number of rotatable bonds is 9. The maximum atomic E-state index is 11.6. The van der Waals surface area contributed by atoms with Crippen LogP contribution < -0.4 is 10.6 Å². The van der Waals surface area contributed by atoms with E-state index in [1.165, 1.54) is 25.9 Å². The van der Waals surface area contributed by atoms with E-state index in [4.69, 9.17) is 4.99 Å². The minimum atomic E-state index is 0. The number of halogens is 1. The molecule has 26 heavy (non-hydrogen) atoms. The summed E-state index contributed by atoms with van der Waals surface area (Å²) in [7, 11) is 0. The van der Waals surface area contributed by atoms with Gasteiger partial charge in [0.15, 0.2) is 5.96 Å². The quantitative estimate of drug-likeness (QED) is 0.231. The molecule has 2 aliphatic rings. The highest BCUT2D eigenvalue weighted by atomic mass is 127. The lowest BCUT2D eigenvalue weighted by molar-refractivity contribution is -0.127. The summed E-state index contributed by atoms with van der Waals surface area (Å²) in [5, 5.41) is 6.77. The molecule has 1 amide bonds. The van der Waals surface area contributed by atoms with Crippen molar-refractivity contribution < 1.29 is 4.79 Å². The van der Waals surface area contributed by atoms with Crippen molar-refractivity contribution in [2.45, 2.75) is 58.9 Å². The van der Waals surface area contributed by atoms with Gasteiger partial charge in [0.25, 0.3) is 0 Å². The first kappa shape index (κ1) is 23.5. The molecule has 1 unspecified atom stereocenters. The molecule has 2 rings (SSSR count). The Hall–Kier alpha value is -0.570. The van der Waals surface area contributed by atoms with Crippen LogP contribution in [0.15, 0.2) is 4.99 Å². The molecule has 1 atom stereocenters. The molecule has 0 bridgehead atoms. The van der Waals surface area contributed by atoms with Gasteiger partial charge in [-0.2, -0.15) is 0 Å². The zero-order valence-corrected chi connectivity index (χ0v) is 19.1. The van der Waals surface area contributed by atoms with E-state index in [0.717, 1.165) is 57.9 Å². The smallest absolute Gasteiger partial charge is 0.222 e. The topological polar surface area (TPSA) is 60.0 Å². The van der Waals surface area contributed by atoms with Gasteiger partial charge in [0.2, 0.25) is 5.91 Å². The van der Waals surface area contributed by atoms with Crippen LogP contribution in [0.1, 0.15) is 52.9 Å². The molecule has 0 spiro atoms. The Morgan fingerprint density at radius 2 is 1.88 bits per heavy atom. The molecule has 7 heteroatoms. The van der Waals surface area contributed by atoms with Crippen LogP contribution >= 0.6 is 24.0 Å². The number of nitrogens with zero attached hydrogens (tertiary/aromatic N) is 3. The summed E-state index contributed by atoms with van der Waals surface area (Å²) in [4.78, 5) is 21.0. The molecule has 0 radical (unpaired) electrons. The summed E-state index contributed by atoms with van der Waals surface area (Å²) in [5.41, 5.74) is 0. The minimum absolute atomic E-state index is 0. The number of hydrogen-bond donors (Lipinski definition) is 2. The molecule has 2 heterocycles. The van der Waals surface area contributed by atoms with Crippen LogP contribution in [-0.4, -0.2) is 73.5 Å². The first-order valence-corrected chi connectivity index (χ1v) is 10.2. The normalized spacial score (nSPS) is 19.8. The second-order valence-electron chi connectivity index (χ2n) is 7.54. The van der Waals surface area contributed by atoms with Gasteiger partial charge in [-0.15, -0.1) is 24.0 Å². The Kier molecular flexibility index (Phi) is 11.5. The fourth-order valence-electron chi connectivity index (χ4n) is 3.76. The highest BCUT2D eigenvalue weighted by Gasteiger charge is 2.24. The summed E-state index contributed by atoms with van der Waals surface area (Å²) in [6.45, 7) is 13.5. The second-order valence-corrected chi connectivity index (χ2v) is 7.54. The maximum Gasteiger partial charge on any atom is 0.222 e. The summed E-state index contributed by atoms with van der Waals surface area (Å²) in [6, 6.07) is 0.528. The molecule has 6 nitrogen and oxygen atoms in total. The van der Waals surface area contributed by atoms with Crippen LogP contribution in [0.25, 0.3) is 0 Å². The second kappa shape index (κ2) is 12.8. The molecule has 2 saturated heterocycles. The molecular weight excluding hydrogens is 441 g/mol. The third-order valence-electron chi connectivity index (χ3n) is 5.23. The van der Waals surface area contributed by atoms with Crippen molar-refractivity contribution in [2.24, 2.45) is 10.9 Å². The van der Waals surface area contributed by atoms with Crippen molar-refractivity contribution in [3.05, 3.63) is 0 Å². The van der Waals surface area contributed by atoms with E-state index in [2.05, 4.69) is 36.3 Å². The average molecular weight is 479 g/mol. The molecular formula is C19H38IN5O. The molecule has 2 fully saturated rings. The summed E-state index contributed by atoms with van der Waals surface area (Å²) < 4.78 is 0. The van der Waals surface area contributed by atoms with E-state index >= 15 is 0 Å². The van der Waals surface area contributed by atoms with Crippen molar-refractivity contribution >= 4 is 35.8 Å². The molecule has 0 saturated carbocycles. The first-order chi connectivity index (χ1) is 12.1. The zero-order valence-electron chi connectivity index (χ0n) is 16.8. The fourth-order valence-corrected chi connectivity index (χ4v) is 3.76. The number of aliphatic imine (C=N–C) groups is 1. The average Bonchev–Trinajstić information content (AvgIpc) is 3.23. The standard InChI is InChI=1S/C19H37N5O.HI/c1-4-20-19(21-10-8-14-24-13-7-9-18(24)25)22-15-17(16(2)3)23-11-5-6-12-23;/h16-17H,4-15H2,1-3H3,(H2,20,21,22);1H. The van der Waals surface area contributed by atoms with Crippen molar-refractivity contribution in [2.75, 3.05) is 45.8 Å². The molecule has 0 aromatic carbocycles. The molecule has 0 aliphatic carbocycles. The van der Waals surface area contributed by atoms with Crippen molar-refractivity contribution in [1.29, 1.82) is 0 Å². The van der Waals surface area contributed by atoms with Gasteiger partial charge in [0, 0.05) is 38.6 Å². The van der Waals surface area contributed by atoms with E-state index in [0.29, 0.717) is 17.9 Å². The van der Waals surface area contributed by atoms with Gasteiger partial charge in [-0.25, -0.2) is 0 Å². The number of carbonyl (C=O) groups excluding carboxylic acids is 1. The van der Waals surface area contributed by atoms with Gasteiger partial charge in [-0.05, 0) is 51.6 Å². The van der Waals surface area contributed by atoms with Crippen LogP contribution in [0.2, 0.25) is 0 Å². The fraction of sp³-hybridized carbons (Fsp3) is 0.895. The minimum Gasteiger partial charge on any atom is -0.357 e. The number of hydrogen-bond acceptors (Lipinski definition) is 3. The SMILES string of the molecule is CCNC(=NCC(C(C)C)N1CCCC1)NCCCN1CCCC1=O.I. The van der Waals surface area contributed by atoms with Crippen molar-refractivity contribution in [3.8, 4) is 0 Å². The Bertz CT molecular complexity index is 438. The first-order valence-electron chi connectivity index (χ1n) is 10.2. The number of carbonyl (C=O) groups is 1. The number of likely N-dealkylation sites (tertiary alicyclic amines) is 2. The Morgan fingerprint density at radius 1 is 1.15 bits per heavy atom. The van der Waals surface area contributed by atoms with Crippen LogP contribution in [0, 0.1) is 5.92 Å². The lowest BCUT2D eigenvalue weighted by atomic mass is 10.0. The number of amides is 1. The van der Waals surface area contributed by atoms with E-state index in [1.54, 1.807) is 0 Å². The lowest BCUT2D eigenvalue weighted by Gasteiger charge is -2.29. The van der Waals surface area contributed by atoms with Gasteiger partial charge in [0.05, 0.1) is 6.54 Å². The van der Waals surface area contributed by atoms with E-state index < -0.39 is 0 Å². The largest absolute Gasteiger partial charge is 0.357 e. The predicted molar refractivity (Wildman–Crippen MR) is 119 cm³/mol. The lowest BCUT2D eigenvalue weighted by Crippen LogP contribution is -2.42. The van der Waals surface area contributed by atoms with Gasteiger partial charge >= 0.3 is 0 Å². The summed E-state index contributed by atoms with van der Waals surface area (Å²) >= 11 is 0. The molecule has 0 aromatic heterocycles. The van der Waals surface area contributed by atoms with Crippen molar-refractivity contribution in [3.63, 3.8) is 0 Å². The van der Waals surface area contributed by atoms with E-state index in [-0.39, 0.29) is 24.0 Å². The van der Waals surface area contributed by atoms with Gasteiger partial charge < -0.3 is 15.5 Å². The maximum absolute atomic E-state index is 11.6. The zero-order chi connectivity index (χ0) is 18.1. The summed E-state index contributed by atoms with van der Waals surface area (Å²) in [5.74, 6) is 1.83. The Balaban J connectivity index is 0.00000338. The highest BCUT2D eigenvalue weighted by Crippen LogP contribution is 2.18. The summed E-state index contributed by atoms with van der Waals surface area (Å²) in [6.07, 6.45) is 5.35. The number of guanidine groups is 1. The van der Waals surface area contributed by atoms with Crippen LogP contribution in [0.5, 0.6) is 0 Å². The van der Waals surface area contributed by atoms with Gasteiger partial charge in [-0.3, -0.25) is 14.7 Å². The van der Waals surface area contributed by atoms with E-state index in [1.807, 2.05) is 4.90 Å². The van der Waals surface area contributed by atoms with Gasteiger partial charge in [0.1, 0.15) is 0 Å². The van der Waals surface area contributed by atoms with Crippen molar-refractivity contribution in [1.82, 2.24) is 20.4 Å². The molecule has 0 aromatic rings. The number of nitrogens with one attached hydrogen (secondary N) is 2. The molecule has 2 N–H and O–H groups in total. The Labute approximate surface area is 176 Å². The van der Waals surface area contributed by atoms with E-state index in [9.17, 15) is 4.79 Å². The van der Waals surface area contributed by atoms with Crippen LogP contribution in [0.3, 0.4) is 0 Å². The molecule has 152 valence electrons. The highest BCUT2D eigenvalue weighted by molar-refractivity contribution is 14.0. The van der Waals surface area contributed by atoms with Crippen LogP contribution in [0.4, 0.5) is 0 Å². The Morgan fingerprint density at radius 3 is 2.46 bits per heavy atom.